The Morgan fingerprint density at radius 3 is 1.62 bits per heavy atom. The second-order valence-corrected chi connectivity index (χ2v) is 19.8. The first-order chi connectivity index (χ1) is 35.0. The van der Waals surface area contributed by atoms with E-state index in [9.17, 15) is 0 Å². The highest BCUT2D eigenvalue weighted by Gasteiger charge is 2.35. The van der Waals surface area contributed by atoms with Gasteiger partial charge in [-0.2, -0.15) is 0 Å². The molecule has 334 valence electrons. The van der Waals surface area contributed by atoms with Crippen LogP contribution >= 0.6 is 0 Å². The third kappa shape index (κ3) is 5.79. The topological polar surface area (TPSA) is 19.7 Å². The highest BCUT2D eigenvalue weighted by Crippen LogP contribution is 2.49. The van der Waals surface area contributed by atoms with E-state index in [2.05, 4.69) is 275 Å². The van der Waals surface area contributed by atoms with Crippen molar-refractivity contribution < 1.29 is 0 Å². The molecule has 3 aromatic heterocycles. The van der Waals surface area contributed by atoms with Gasteiger partial charge in [0.05, 0.1) is 33.4 Å². The van der Waals surface area contributed by atoms with Crippen molar-refractivity contribution in [2.75, 3.05) is 0 Å². The lowest BCUT2D eigenvalue weighted by atomic mass is 9.82. The summed E-state index contributed by atoms with van der Waals surface area (Å²) in [5.74, 6) is 0. The van der Waals surface area contributed by atoms with Crippen molar-refractivity contribution in [1.82, 2.24) is 18.3 Å². The molecule has 14 aromatic rings. The summed E-state index contributed by atoms with van der Waals surface area (Å²) < 4.78 is 9.89. The van der Waals surface area contributed by atoms with Crippen LogP contribution in [0, 0.1) is 0 Å². The van der Waals surface area contributed by atoms with Crippen molar-refractivity contribution in [3.05, 3.63) is 254 Å². The van der Waals surface area contributed by atoms with Gasteiger partial charge in [-0.05, 0) is 142 Å². The number of fused-ring (bicyclic) bond motifs is 14. The molecule has 0 aliphatic heterocycles. The van der Waals surface area contributed by atoms with Gasteiger partial charge in [0.2, 0.25) is 0 Å². The van der Waals surface area contributed by atoms with Gasteiger partial charge in [0.15, 0.2) is 0 Å². The predicted octanol–water partition coefficient (Wildman–Crippen LogP) is 17.5. The van der Waals surface area contributed by atoms with Crippen molar-refractivity contribution in [3.8, 4) is 33.9 Å². The number of nitrogens with zero attached hydrogens (tertiary/aromatic N) is 4. The van der Waals surface area contributed by atoms with Gasteiger partial charge in [0, 0.05) is 65.8 Å². The fourth-order valence-electron chi connectivity index (χ4n) is 12.3. The Morgan fingerprint density at radius 2 is 0.831 bits per heavy atom. The highest BCUT2D eigenvalue weighted by molar-refractivity contribution is 6.15. The molecule has 0 saturated heterocycles. The van der Waals surface area contributed by atoms with E-state index in [1.165, 1.54) is 60.1 Å². The summed E-state index contributed by atoms with van der Waals surface area (Å²) in [5.41, 5.74) is 18.8. The van der Waals surface area contributed by atoms with Gasteiger partial charge in [-0.1, -0.05) is 153 Å². The molecule has 4 nitrogen and oxygen atoms in total. The molecule has 4 heteroatoms. The Labute approximate surface area is 410 Å². The summed E-state index contributed by atoms with van der Waals surface area (Å²) >= 11 is 0. The quantitative estimate of drug-likeness (QED) is 0.168. The van der Waals surface area contributed by atoms with Crippen LogP contribution in [-0.2, 0) is 5.41 Å². The molecule has 1 aliphatic rings. The molecule has 8 bridgehead atoms. The lowest BCUT2D eigenvalue weighted by Gasteiger charge is -2.22. The van der Waals surface area contributed by atoms with Gasteiger partial charge in [-0.15, -0.1) is 0 Å². The van der Waals surface area contributed by atoms with E-state index in [1.54, 1.807) is 0 Å². The zero-order valence-electron chi connectivity index (χ0n) is 39.4. The average Bonchev–Trinajstić information content (AvgIpc) is 4.01. The zero-order chi connectivity index (χ0) is 47.0. The van der Waals surface area contributed by atoms with Crippen LogP contribution in [0.15, 0.2) is 243 Å². The Balaban J connectivity index is 1.10. The first-order valence-electron chi connectivity index (χ1n) is 24.7. The first kappa shape index (κ1) is 39.8. The maximum atomic E-state index is 2.50. The van der Waals surface area contributed by atoms with Gasteiger partial charge in [-0.25, -0.2) is 0 Å². The van der Waals surface area contributed by atoms with Crippen LogP contribution in [0.2, 0.25) is 0 Å². The molecule has 71 heavy (non-hydrogen) atoms. The summed E-state index contributed by atoms with van der Waals surface area (Å²) in [6, 6.07) is 90.4. The van der Waals surface area contributed by atoms with E-state index in [-0.39, 0.29) is 5.41 Å². The second-order valence-electron chi connectivity index (χ2n) is 19.8. The number of aromatic nitrogens is 4. The van der Waals surface area contributed by atoms with Crippen LogP contribution in [-0.4, -0.2) is 18.3 Å². The largest absolute Gasteiger partial charge is 0.310 e. The number of benzene rings is 11. The Morgan fingerprint density at radius 1 is 0.282 bits per heavy atom. The molecule has 11 aromatic carbocycles. The predicted molar refractivity (Wildman–Crippen MR) is 299 cm³/mol. The van der Waals surface area contributed by atoms with Crippen molar-refractivity contribution in [3.63, 3.8) is 0 Å². The summed E-state index contributed by atoms with van der Waals surface area (Å²) in [5, 5.41) is 9.52. The minimum absolute atomic E-state index is 0.143. The van der Waals surface area contributed by atoms with Crippen molar-refractivity contribution in [2.24, 2.45) is 0 Å². The molecule has 0 saturated carbocycles. The van der Waals surface area contributed by atoms with Gasteiger partial charge < -0.3 is 18.3 Å². The second kappa shape index (κ2) is 14.9. The number of hydrogen-bond donors (Lipinski definition) is 0. The van der Waals surface area contributed by atoms with Gasteiger partial charge >= 0.3 is 0 Å². The summed E-state index contributed by atoms with van der Waals surface area (Å²) in [4.78, 5) is 0. The van der Waals surface area contributed by atoms with E-state index >= 15 is 0 Å². The summed E-state index contributed by atoms with van der Waals surface area (Å²) in [6.07, 6.45) is 0. The van der Waals surface area contributed by atoms with Crippen LogP contribution in [0.25, 0.3) is 121 Å². The van der Waals surface area contributed by atoms with Gasteiger partial charge in [0.25, 0.3) is 0 Å². The number of rotatable bonds is 4. The number of hydrogen-bond acceptors (Lipinski definition) is 0. The minimum atomic E-state index is -0.143. The van der Waals surface area contributed by atoms with Crippen molar-refractivity contribution in [2.45, 2.75) is 19.3 Å². The molecule has 3 heterocycles. The monoisotopic (exact) mass is 906 g/mol. The van der Waals surface area contributed by atoms with Gasteiger partial charge in [-0.3, -0.25) is 0 Å². The van der Waals surface area contributed by atoms with Crippen LogP contribution in [0.1, 0.15) is 25.0 Å². The van der Waals surface area contributed by atoms with E-state index in [4.69, 9.17) is 0 Å². The molecular formula is C67H46N4. The maximum absolute atomic E-state index is 2.50. The average molecular weight is 907 g/mol. The molecule has 1 aliphatic carbocycles. The van der Waals surface area contributed by atoms with Crippen LogP contribution < -0.4 is 0 Å². The van der Waals surface area contributed by atoms with E-state index in [0.717, 1.165) is 72.1 Å². The zero-order valence-corrected chi connectivity index (χ0v) is 39.4. The smallest absolute Gasteiger partial charge is 0.0782 e. The third-order valence-electron chi connectivity index (χ3n) is 15.6. The van der Waals surface area contributed by atoms with E-state index < -0.39 is 0 Å². The molecule has 0 radical (unpaired) electrons. The first-order valence-corrected chi connectivity index (χ1v) is 24.7. The standard InChI is InChI=1S/C67H46N4/c1-67(2)59-28-10-8-25-53(59)54-35-32-51(42-60(54)67)68-47-22-12-18-44(38-47)45-19-13-23-48(39-45)69(50-34-37-64-58(41-50)57-40-49(68)33-36-63(57)70(64)46-20-4-3-5-21-46)65-31-15-27-56-55-26-9-11-29-62(55)71(66(56)65)61-30-14-17-43-16-6-7-24-52(43)61/h3-42H,1-2H3. The number of para-hydroxylation sites is 3. The van der Waals surface area contributed by atoms with E-state index in [0.29, 0.717) is 0 Å². The molecule has 0 N–H and O–H groups in total. The van der Waals surface area contributed by atoms with Crippen LogP contribution in [0.4, 0.5) is 0 Å². The highest BCUT2D eigenvalue weighted by atomic mass is 15.1. The van der Waals surface area contributed by atoms with Crippen LogP contribution in [0.5, 0.6) is 0 Å². The molecule has 0 amide bonds. The molecule has 0 fully saturated rings. The molecule has 0 spiro atoms. The SMILES string of the molecule is CC1(C)c2ccccc2-c2ccc(-n3c4cccc(c4)c4cccc(c4)n(-c4cccc5c6ccccc6n(-c6cccc7ccccc67)c45)c4ccc5c(c4)c4cc3ccc4n5-c3ccccc3)cc21. The van der Waals surface area contributed by atoms with Crippen molar-refractivity contribution >= 4 is 87.2 Å². The minimum Gasteiger partial charge on any atom is -0.310 e. The Bertz CT molecular complexity index is 4610. The summed E-state index contributed by atoms with van der Waals surface area (Å²) in [7, 11) is 0. The molecular weight excluding hydrogens is 861 g/mol. The fourth-order valence-corrected chi connectivity index (χ4v) is 12.3. The normalized spacial score (nSPS) is 13.0. The maximum Gasteiger partial charge on any atom is 0.0782 e. The summed E-state index contributed by atoms with van der Waals surface area (Å²) in [6.45, 7) is 4.74. The molecule has 0 atom stereocenters. The van der Waals surface area contributed by atoms with E-state index in [1.807, 2.05) is 0 Å². The lowest BCUT2D eigenvalue weighted by molar-refractivity contribution is 0.660. The van der Waals surface area contributed by atoms with Gasteiger partial charge in [0.1, 0.15) is 0 Å². The molecule has 15 rings (SSSR count). The van der Waals surface area contributed by atoms with Crippen LogP contribution in [0.3, 0.4) is 0 Å². The Hall–Kier alpha value is -9.12. The molecule has 0 unspecified atom stereocenters. The Kier molecular flexibility index (Phi) is 8.38. The fraction of sp³-hybridized carbons (Fsp3) is 0.0448. The third-order valence-corrected chi connectivity index (χ3v) is 15.6. The van der Waals surface area contributed by atoms with Crippen molar-refractivity contribution in [1.29, 1.82) is 0 Å². The lowest BCUT2D eigenvalue weighted by Crippen LogP contribution is -2.15.